The standard InChI is InChI=1S/C24H37N3O4/c1-15-4-3-5-19(16(15)2)26-24(30)18-8-6-17(7-9-18)14-25-20-21(23(29)22(20)28)27-10-12-31-13-11-27/h15-19,25H,3-14H2,1-2H3,(H,26,30)/t15-,16+,17?,18?,19-/m1/s1. The Bertz CT molecular complexity index is 832. The molecule has 1 amide bonds. The van der Waals surface area contributed by atoms with Crippen molar-refractivity contribution in [3.05, 3.63) is 20.4 Å². The van der Waals surface area contributed by atoms with E-state index in [-0.39, 0.29) is 17.3 Å². The van der Waals surface area contributed by atoms with Crippen molar-refractivity contribution in [3.8, 4) is 0 Å². The molecular formula is C24H37N3O4. The number of ether oxygens (including phenoxy) is 1. The van der Waals surface area contributed by atoms with Crippen LogP contribution in [-0.2, 0) is 9.53 Å². The van der Waals surface area contributed by atoms with E-state index in [1.54, 1.807) is 0 Å². The molecule has 1 heterocycles. The second kappa shape index (κ2) is 9.72. The molecule has 1 aromatic carbocycles. The highest BCUT2D eigenvalue weighted by molar-refractivity contribution is 5.79. The second-order valence-electron chi connectivity index (χ2n) is 9.96. The number of hydrogen-bond donors (Lipinski definition) is 2. The van der Waals surface area contributed by atoms with Crippen LogP contribution in [0.5, 0.6) is 0 Å². The van der Waals surface area contributed by atoms with E-state index < -0.39 is 5.43 Å². The predicted molar refractivity (Wildman–Crippen MR) is 122 cm³/mol. The van der Waals surface area contributed by atoms with Gasteiger partial charge in [-0.15, -0.1) is 0 Å². The lowest BCUT2D eigenvalue weighted by Crippen LogP contribution is -2.47. The molecule has 1 aliphatic heterocycles. The number of morpholine rings is 1. The van der Waals surface area contributed by atoms with E-state index in [4.69, 9.17) is 4.74 Å². The summed E-state index contributed by atoms with van der Waals surface area (Å²) in [6.45, 7) is 7.72. The first-order valence-corrected chi connectivity index (χ1v) is 12.2. The van der Waals surface area contributed by atoms with E-state index in [0.29, 0.717) is 68.0 Å². The van der Waals surface area contributed by atoms with Crippen LogP contribution in [0, 0.1) is 23.7 Å². The van der Waals surface area contributed by atoms with Crippen LogP contribution in [0.2, 0.25) is 0 Å². The number of nitrogens with zero attached hydrogens (tertiary/aromatic N) is 1. The minimum atomic E-state index is -0.398. The van der Waals surface area contributed by atoms with Crippen LogP contribution in [-0.4, -0.2) is 44.8 Å². The summed E-state index contributed by atoms with van der Waals surface area (Å²) in [6.07, 6.45) is 7.33. The highest BCUT2D eigenvalue weighted by atomic mass is 16.5. The van der Waals surface area contributed by atoms with Crippen LogP contribution < -0.4 is 26.4 Å². The quantitative estimate of drug-likeness (QED) is 0.672. The van der Waals surface area contributed by atoms with Gasteiger partial charge in [-0.05, 0) is 49.9 Å². The van der Waals surface area contributed by atoms with Crippen molar-refractivity contribution in [2.24, 2.45) is 23.7 Å². The maximum Gasteiger partial charge on any atom is 0.253 e. The SMILES string of the molecule is C[C@H]1[C@H](C)CCC[C@H]1NC(=O)C1CCC(CNc2c(N3CCOCC3)c(=O)c2=O)CC1. The molecule has 0 aromatic heterocycles. The Morgan fingerprint density at radius 3 is 2.42 bits per heavy atom. The molecule has 0 unspecified atom stereocenters. The Morgan fingerprint density at radius 2 is 1.71 bits per heavy atom. The maximum absolute atomic E-state index is 12.8. The fourth-order valence-electron chi connectivity index (χ4n) is 5.59. The van der Waals surface area contributed by atoms with Crippen LogP contribution in [0.4, 0.5) is 11.4 Å². The number of carbonyl (C=O) groups excluding carboxylic acids is 1. The van der Waals surface area contributed by atoms with E-state index in [2.05, 4.69) is 24.5 Å². The van der Waals surface area contributed by atoms with E-state index in [1.165, 1.54) is 12.8 Å². The van der Waals surface area contributed by atoms with Gasteiger partial charge in [0.2, 0.25) is 5.91 Å². The number of carbonyl (C=O) groups is 1. The lowest BCUT2D eigenvalue weighted by molar-refractivity contribution is -0.127. The first-order chi connectivity index (χ1) is 15.0. The fourth-order valence-corrected chi connectivity index (χ4v) is 5.59. The molecule has 2 saturated carbocycles. The van der Waals surface area contributed by atoms with Gasteiger partial charge in [0.25, 0.3) is 10.9 Å². The Hall–Kier alpha value is -1.89. The Kier molecular flexibility index (Phi) is 6.99. The first kappa shape index (κ1) is 22.3. The monoisotopic (exact) mass is 431 g/mol. The Balaban J connectivity index is 1.24. The molecule has 4 rings (SSSR count). The minimum absolute atomic E-state index is 0.107. The van der Waals surface area contributed by atoms with Crippen LogP contribution >= 0.6 is 0 Å². The third kappa shape index (κ3) is 4.81. The van der Waals surface area contributed by atoms with Crippen LogP contribution in [0.3, 0.4) is 0 Å². The average molecular weight is 432 g/mol. The van der Waals surface area contributed by atoms with Crippen molar-refractivity contribution in [1.29, 1.82) is 0 Å². The van der Waals surface area contributed by atoms with E-state index >= 15 is 0 Å². The molecule has 0 bridgehead atoms. The summed E-state index contributed by atoms with van der Waals surface area (Å²) in [6, 6.07) is 0.323. The molecule has 3 aliphatic rings. The Labute approximate surface area is 184 Å². The minimum Gasteiger partial charge on any atom is -0.380 e. The molecule has 1 aromatic rings. The molecular weight excluding hydrogens is 394 g/mol. The number of rotatable bonds is 6. The lowest BCUT2D eigenvalue weighted by Gasteiger charge is -2.36. The highest BCUT2D eigenvalue weighted by Gasteiger charge is 2.33. The molecule has 7 nitrogen and oxygen atoms in total. The van der Waals surface area contributed by atoms with Gasteiger partial charge in [0, 0.05) is 31.6 Å². The van der Waals surface area contributed by atoms with E-state index in [9.17, 15) is 14.4 Å². The number of nitrogens with one attached hydrogen (secondary N) is 2. The van der Waals surface area contributed by atoms with E-state index in [0.717, 1.165) is 32.1 Å². The summed E-state index contributed by atoms with van der Waals surface area (Å²) in [7, 11) is 0. The van der Waals surface area contributed by atoms with Crippen LogP contribution in [0.25, 0.3) is 0 Å². The summed E-state index contributed by atoms with van der Waals surface area (Å²) in [5.41, 5.74) is 0.241. The fraction of sp³-hybridized carbons (Fsp3) is 0.792. The molecule has 0 spiro atoms. The van der Waals surface area contributed by atoms with Gasteiger partial charge in [0.1, 0.15) is 11.4 Å². The lowest BCUT2D eigenvalue weighted by atomic mass is 9.77. The first-order valence-electron chi connectivity index (χ1n) is 12.2. The summed E-state index contributed by atoms with van der Waals surface area (Å²) < 4.78 is 5.35. The van der Waals surface area contributed by atoms with E-state index in [1.807, 2.05) is 4.90 Å². The normalized spacial score (nSPS) is 32.1. The number of anilines is 2. The summed E-state index contributed by atoms with van der Waals surface area (Å²) in [5.74, 6) is 2.00. The zero-order valence-corrected chi connectivity index (χ0v) is 19.0. The van der Waals surface area contributed by atoms with Gasteiger partial charge in [-0.3, -0.25) is 14.4 Å². The van der Waals surface area contributed by atoms with Crippen molar-refractivity contribution in [2.45, 2.75) is 64.8 Å². The maximum atomic E-state index is 12.8. The smallest absolute Gasteiger partial charge is 0.253 e. The summed E-state index contributed by atoms with van der Waals surface area (Å²) >= 11 is 0. The topological polar surface area (TPSA) is 87.7 Å². The zero-order valence-electron chi connectivity index (χ0n) is 19.0. The highest BCUT2D eigenvalue weighted by Crippen LogP contribution is 2.32. The third-order valence-electron chi connectivity index (χ3n) is 8.03. The molecule has 172 valence electrons. The molecule has 0 radical (unpaired) electrons. The number of hydrogen-bond acceptors (Lipinski definition) is 6. The molecule has 3 fully saturated rings. The van der Waals surface area contributed by atoms with Crippen molar-refractivity contribution < 1.29 is 9.53 Å². The average Bonchev–Trinajstić information content (AvgIpc) is 2.80. The molecule has 7 heteroatoms. The van der Waals surface area contributed by atoms with Crippen molar-refractivity contribution in [2.75, 3.05) is 43.1 Å². The van der Waals surface area contributed by atoms with Crippen LogP contribution in [0.1, 0.15) is 58.8 Å². The molecule has 1 saturated heterocycles. The molecule has 2 N–H and O–H groups in total. The van der Waals surface area contributed by atoms with Gasteiger partial charge in [-0.25, -0.2) is 0 Å². The summed E-state index contributed by atoms with van der Waals surface area (Å²) in [5, 5.41) is 6.61. The van der Waals surface area contributed by atoms with Gasteiger partial charge in [0.15, 0.2) is 0 Å². The van der Waals surface area contributed by atoms with Crippen molar-refractivity contribution >= 4 is 17.3 Å². The second-order valence-corrected chi connectivity index (χ2v) is 9.96. The summed E-state index contributed by atoms with van der Waals surface area (Å²) in [4.78, 5) is 38.9. The van der Waals surface area contributed by atoms with Gasteiger partial charge in [-0.2, -0.15) is 0 Å². The Morgan fingerprint density at radius 1 is 1.00 bits per heavy atom. The van der Waals surface area contributed by atoms with Gasteiger partial charge >= 0.3 is 0 Å². The van der Waals surface area contributed by atoms with Gasteiger partial charge < -0.3 is 20.3 Å². The molecule has 31 heavy (non-hydrogen) atoms. The van der Waals surface area contributed by atoms with Crippen molar-refractivity contribution in [1.82, 2.24) is 5.32 Å². The van der Waals surface area contributed by atoms with Crippen molar-refractivity contribution in [3.63, 3.8) is 0 Å². The largest absolute Gasteiger partial charge is 0.380 e. The zero-order chi connectivity index (χ0) is 22.0. The number of amides is 1. The van der Waals surface area contributed by atoms with Gasteiger partial charge in [0.05, 0.1) is 13.2 Å². The molecule has 3 atom stereocenters. The third-order valence-corrected chi connectivity index (χ3v) is 8.03. The van der Waals surface area contributed by atoms with Gasteiger partial charge in [-0.1, -0.05) is 26.7 Å². The van der Waals surface area contributed by atoms with Crippen LogP contribution in [0.15, 0.2) is 9.59 Å². The predicted octanol–water partition coefficient (Wildman–Crippen LogP) is 2.28. The molecule has 2 aliphatic carbocycles.